The molecule has 1 aromatic carbocycles. The second-order valence-corrected chi connectivity index (χ2v) is 7.20. The van der Waals surface area contributed by atoms with Gasteiger partial charge in [-0.15, -0.1) is 0 Å². The Bertz CT molecular complexity index is 554. The summed E-state index contributed by atoms with van der Waals surface area (Å²) in [6, 6.07) is 2.41. The van der Waals surface area contributed by atoms with E-state index < -0.39 is 20.9 Å². The Morgan fingerprint density at radius 2 is 2.00 bits per heavy atom. The molecule has 0 fully saturated rings. The van der Waals surface area contributed by atoms with Crippen LogP contribution in [0.2, 0.25) is 10.0 Å². The number of sulfonamides is 1. The van der Waals surface area contributed by atoms with E-state index in [-0.39, 0.29) is 16.5 Å². The van der Waals surface area contributed by atoms with Crippen LogP contribution in [0, 0.1) is 5.82 Å². The number of hydrogen-bond donors (Lipinski definition) is 0. The van der Waals surface area contributed by atoms with Gasteiger partial charge in [0.25, 0.3) is 0 Å². The largest absolute Gasteiger partial charge is 0.244 e. The molecule has 0 amide bonds. The second-order valence-electron chi connectivity index (χ2n) is 3.71. The molecule has 8 heteroatoms. The summed E-state index contributed by atoms with van der Waals surface area (Å²) in [5, 5.41) is 0.0131. The highest BCUT2D eigenvalue weighted by Gasteiger charge is 2.27. The van der Waals surface area contributed by atoms with E-state index in [1.54, 1.807) is 6.92 Å². The van der Waals surface area contributed by atoms with Gasteiger partial charge in [0, 0.05) is 18.4 Å². The van der Waals surface area contributed by atoms with Gasteiger partial charge in [-0.3, -0.25) is 0 Å². The summed E-state index contributed by atoms with van der Waals surface area (Å²) in [5.74, 6) is -0.916. The lowest BCUT2D eigenvalue weighted by molar-refractivity contribution is 0.428. The Labute approximate surface area is 130 Å². The van der Waals surface area contributed by atoms with E-state index in [4.69, 9.17) is 23.2 Å². The summed E-state index contributed by atoms with van der Waals surface area (Å²) >= 11 is 14.5. The zero-order chi connectivity index (χ0) is 14.6. The normalized spacial score (nSPS) is 12.1. The summed E-state index contributed by atoms with van der Waals surface area (Å²) < 4.78 is 39.6. The summed E-state index contributed by atoms with van der Waals surface area (Å²) in [5.41, 5.74) is 0. The molecule has 0 aliphatic heterocycles. The third-order valence-corrected chi connectivity index (χ3v) is 5.86. The monoisotopic (exact) mass is 391 g/mol. The fourth-order valence-electron chi connectivity index (χ4n) is 1.53. The third-order valence-electron chi connectivity index (χ3n) is 2.51. The van der Waals surface area contributed by atoms with Crippen molar-refractivity contribution in [2.75, 3.05) is 18.4 Å². The average Bonchev–Trinajstić information content (AvgIpc) is 2.36. The first-order valence-electron chi connectivity index (χ1n) is 5.55. The minimum atomic E-state index is -3.81. The zero-order valence-electron chi connectivity index (χ0n) is 10.2. The van der Waals surface area contributed by atoms with Crippen LogP contribution in [0.1, 0.15) is 13.3 Å². The van der Waals surface area contributed by atoms with Crippen LogP contribution in [-0.4, -0.2) is 31.1 Å². The Balaban J connectivity index is 3.22. The third kappa shape index (κ3) is 3.82. The van der Waals surface area contributed by atoms with E-state index in [1.807, 2.05) is 0 Å². The average molecular weight is 393 g/mol. The first-order chi connectivity index (χ1) is 8.86. The number of hydrogen-bond acceptors (Lipinski definition) is 2. The van der Waals surface area contributed by atoms with Crippen molar-refractivity contribution in [3.8, 4) is 0 Å². The number of benzene rings is 1. The number of rotatable bonds is 6. The highest BCUT2D eigenvalue weighted by molar-refractivity contribution is 9.09. The molecule has 0 saturated heterocycles. The van der Waals surface area contributed by atoms with E-state index in [0.29, 0.717) is 18.3 Å². The molecule has 0 aromatic heterocycles. The fraction of sp³-hybridized carbons (Fsp3) is 0.455. The molecule has 0 atom stereocenters. The molecule has 108 valence electrons. The molecule has 0 bridgehead atoms. The van der Waals surface area contributed by atoms with Gasteiger partial charge in [-0.05, 0) is 18.6 Å². The molecule has 19 heavy (non-hydrogen) atoms. The van der Waals surface area contributed by atoms with E-state index in [1.165, 1.54) is 16.4 Å². The number of halogens is 4. The summed E-state index contributed by atoms with van der Waals surface area (Å²) in [4.78, 5) is -0.257. The number of alkyl halides is 1. The maximum atomic E-state index is 13.6. The van der Waals surface area contributed by atoms with Crippen molar-refractivity contribution in [2.24, 2.45) is 0 Å². The van der Waals surface area contributed by atoms with E-state index in [2.05, 4.69) is 15.9 Å². The van der Waals surface area contributed by atoms with Gasteiger partial charge in [0.1, 0.15) is 4.90 Å². The van der Waals surface area contributed by atoms with E-state index in [0.717, 1.165) is 0 Å². The molecule has 0 saturated carbocycles. The van der Waals surface area contributed by atoms with Crippen molar-refractivity contribution in [2.45, 2.75) is 18.2 Å². The van der Waals surface area contributed by atoms with Crippen LogP contribution in [0.15, 0.2) is 17.0 Å². The molecule has 0 spiro atoms. The van der Waals surface area contributed by atoms with Crippen LogP contribution in [-0.2, 0) is 10.0 Å². The van der Waals surface area contributed by atoms with Gasteiger partial charge in [0.2, 0.25) is 10.0 Å². The van der Waals surface area contributed by atoms with Gasteiger partial charge in [-0.2, -0.15) is 4.31 Å². The highest BCUT2D eigenvalue weighted by atomic mass is 79.9. The molecule has 1 rings (SSSR count). The number of nitrogens with zero attached hydrogens (tertiary/aromatic N) is 1. The molecule has 1 aromatic rings. The molecular formula is C11H13BrCl2FNO2S. The van der Waals surface area contributed by atoms with Crippen molar-refractivity contribution in [1.29, 1.82) is 0 Å². The first kappa shape index (κ1) is 17.2. The minimum absolute atomic E-state index is 0.201. The molecule has 0 aliphatic carbocycles. The predicted octanol–water partition coefficient (Wildman–Crippen LogP) is 3.93. The topological polar surface area (TPSA) is 37.4 Å². The lowest BCUT2D eigenvalue weighted by Gasteiger charge is -2.21. The summed E-state index contributed by atoms with van der Waals surface area (Å²) in [7, 11) is -3.81. The van der Waals surface area contributed by atoms with E-state index in [9.17, 15) is 12.8 Å². The molecule has 0 heterocycles. The lowest BCUT2D eigenvalue weighted by Crippen LogP contribution is -2.32. The van der Waals surface area contributed by atoms with Crippen LogP contribution in [0.4, 0.5) is 4.39 Å². The first-order valence-corrected chi connectivity index (χ1v) is 8.87. The van der Waals surface area contributed by atoms with Crippen molar-refractivity contribution in [1.82, 2.24) is 4.31 Å². The lowest BCUT2D eigenvalue weighted by atomic mass is 10.3. The Morgan fingerprint density at radius 3 is 2.53 bits per heavy atom. The van der Waals surface area contributed by atoms with Crippen LogP contribution < -0.4 is 0 Å². The summed E-state index contributed by atoms with van der Waals surface area (Å²) in [6.45, 7) is 2.34. The minimum Gasteiger partial charge on any atom is -0.207 e. The van der Waals surface area contributed by atoms with Crippen LogP contribution >= 0.6 is 39.1 Å². The van der Waals surface area contributed by atoms with Gasteiger partial charge in [-0.1, -0.05) is 46.1 Å². The molecular weight excluding hydrogens is 380 g/mol. The maximum absolute atomic E-state index is 13.6. The van der Waals surface area contributed by atoms with Gasteiger partial charge in [0.15, 0.2) is 5.82 Å². The molecule has 0 N–H and O–H groups in total. The van der Waals surface area contributed by atoms with Crippen molar-refractivity contribution < 1.29 is 12.8 Å². The van der Waals surface area contributed by atoms with Gasteiger partial charge in [-0.25, -0.2) is 12.8 Å². The summed E-state index contributed by atoms with van der Waals surface area (Å²) in [6.07, 6.45) is 0.654. The zero-order valence-corrected chi connectivity index (χ0v) is 14.1. The fourth-order valence-corrected chi connectivity index (χ4v) is 3.99. The SMILES string of the molecule is CCN(CCCBr)S(=O)(=O)c1ccc(Cl)c(F)c1Cl. The van der Waals surface area contributed by atoms with Gasteiger partial charge in [0.05, 0.1) is 10.0 Å². The molecule has 0 aliphatic rings. The van der Waals surface area contributed by atoms with Crippen molar-refractivity contribution >= 4 is 49.2 Å². The molecule has 3 nitrogen and oxygen atoms in total. The Hall–Kier alpha value is 0.120. The van der Waals surface area contributed by atoms with Crippen molar-refractivity contribution in [3.63, 3.8) is 0 Å². The quantitative estimate of drug-likeness (QED) is 0.543. The van der Waals surface area contributed by atoms with E-state index >= 15 is 0 Å². The van der Waals surface area contributed by atoms with Crippen molar-refractivity contribution in [3.05, 3.63) is 28.0 Å². The van der Waals surface area contributed by atoms with Gasteiger partial charge < -0.3 is 0 Å². The standard InChI is InChI=1S/C11H13BrCl2FNO2S/c1-2-16(7-3-6-12)19(17,18)9-5-4-8(13)11(15)10(9)14/h4-5H,2-3,6-7H2,1H3. The molecule has 0 unspecified atom stereocenters. The maximum Gasteiger partial charge on any atom is 0.244 e. The van der Waals surface area contributed by atoms with Crippen LogP contribution in [0.25, 0.3) is 0 Å². The smallest absolute Gasteiger partial charge is 0.207 e. The Morgan fingerprint density at radius 1 is 1.37 bits per heavy atom. The highest BCUT2D eigenvalue weighted by Crippen LogP contribution is 2.31. The second kappa shape index (κ2) is 7.22. The van der Waals surface area contributed by atoms with Crippen LogP contribution in [0.3, 0.4) is 0 Å². The van der Waals surface area contributed by atoms with Crippen LogP contribution in [0.5, 0.6) is 0 Å². The molecule has 0 radical (unpaired) electrons. The van der Waals surface area contributed by atoms with Gasteiger partial charge >= 0.3 is 0 Å². The predicted molar refractivity (Wildman–Crippen MR) is 79.3 cm³/mol. The Kier molecular flexibility index (Phi) is 6.53.